The second kappa shape index (κ2) is 6.04. The van der Waals surface area contributed by atoms with Crippen molar-refractivity contribution in [3.8, 4) is 11.5 Å². The molecule has 0 amide bonds. The molecule has 0 aliphatic rings. The third kappa shape index (κ3) is 3.24. The van der Waals surface area contributed by atoms with Crippen molar-refractivity contribution in [1.82, 2.24) is 4.98 Å². The smallest absolute Gasteiger partial charge is 0.162 e. The third-order valence-electron chi connectivity index (χ3n) is 2.89. The number of methoxy groups -OCH3 is 1. The average molecular weight is 278 g/mol. The van der Waals surface area contributed by atoms with E-state index in [1.54, 1.807) is 18.4 Å². The Labute approximate surface area is 117 Å². The first-order chi connectivity index (χ1) is 9.13. The van der Waals surface area contributed by atoms with Crippen LogP contribution in [0.25, 0.3) is 0 Å². The fraction of sp³-hybridized carbons (Fsp3) is 0.357. The summed E-state index contributed by atoms with van der Waals surface area (Å²) in [5.74, 6) is 1.41. The van der Waals surface area contributed by atoms with Crippen LogP contribution in [0.15, 0.2) is 18.2 Å². The summed E-state index contributed by atoms with van der Waals surface area (Å²) < 4.78 is 11.1. The Balaban J connectivity index is 2.13. The Morgan fingerprint density at radius 1 is 1.26 bits per heavy atom. The van der Waals surface area contributed by atoms with Crippen molar-refractivity contribution < 1.29 is 9.47 Å². The quantitative estimate of drug-likeness (QED) is 0.913. The lowest BCUT2D eigenvalue weighted by molar-refractivity contribution is 0.283. The zero-order chi connectivity index (χ0) is 13.8. The molecule has 1 heterocycles. The van der Waals surface area contributed by atoms with E-state index in [9.17, 15) is 0 Å². The summed E-state index contributed by atoms with van der Waals surface area (Å²) in [6.07, 6.45) is 0. The standard InChI is InChI=1S/C14H18N2O2S/c1-9-10(2)19-14(16-9)8-18-13-6-11(7-15)4-5-12(13)17-3/h4-6H,7-8,15H2,1-3H3. The number of hydrogen-bond acceptors (Lipinski definition) is 5. The summed E-state index contributed by atoms with van der Waals surface area (Å²) in [7, 11) is 1.63. The number of ether oxygens (including phenoxy) is 2. The van der Waals surface area contributed by atoms with Crippen LogP contribution in [0.5, 0.6) is 11.5 Å². The maximum atomic E-state index is 5.79. The van der Waals surface area contributed by atoms with Crippen molar-refractivity contribution in [2.45, 2.75) is 27.0 Å². The van der Waals surface area contributed by atoms with Gasteiger partial charge in [0.1, 0.15) is 11.6 Å². The van der Waals surface area contributed by atoms with E-state index in [1.165, 1.54) is 4.88 Å². The predicted octanol–water partition coefficient (Wildman–Crippen LogP) is 2.81. The van der Waals surface area contributed by atoms with Gasteiger partial charge in [0.2, 0.25) is 0 Å². The minimum atomic E-state index is 0.448. The third-order valence-corrected chi connectivity index (χ3v) is 3.93. The van der Waals surface area contributed by atoms with Crippen LogP contribution in [0.3, 0.4) is 0 Å². The Kier molecular flexibility index (Phi) is 4.39. The van der Waals surface area contributed by atoms with Gasteiger partial charge in [-0.3, -0.25) is 0 Å². The van der Waals surface area contributed by atoms with Crippen LogP contribution in [-0.2, 0) is 13.2 Å². The highest BCUT2D eigenvalue weighted by Crippen LogP contribution is 2.29. The molecular formula is C14H18N2O2S. The highest BCUT2D eigenvalue weighted by Gasteiger charge is 2.08. The molecule has 4 nitrogen and oxygen atoms in total. The van der Waals surface area contributed by atoms with Gasteiger partial charge in [0.25, 0.3) is 0 Å². The fourth-order valence-electron chi connectivity index (χ4n) is 1.70. The largest absolute Gasteiger partial charge is 0.493 e. The lowest BCUT2D eigenvalue weighted by Crippen LogP contribution is -2.01. The van der Waals surface area contributed by atoms with E-state index < -0.39 is 0 Å². The lowest BCUT2D eigenvalue weighted by Gasteiger charge is -2.10. The zero-order valence-electron chi connectivity index (χ0n) is 11.4. The molecule has 0 saturated heterocycles. The zero-order valence-corrected chi connectivity index (χ0v) is 12.2. The normalized spacial score (nSPS) is 10.5. The molecule has 5 heteroatoms. The van der Waals surface area contributed by atoms with Crippen LogP contribution < -0.4 is 15.2 Å². The minimum absolute atomic E-state index is 0.448. The maximum Gasteiger partial charge on any atom is 0.162 e. The summed E-state index contributed by atoms with van der Waals surface area (Å²) in [6, 6.07) is 5.71. The molecule has 1 aromatic heterocycles. The number of nitrogens with zero attached hydrogens (tertiary/aromatic N) is 1. The van der Waals surface area contributed by atoms with E-state index in [2.05, 4.69) is 11.9 Å². The summed E-state index contributed by atoms with van der Waals surface area (Å²) in [6.45, 7) is 5.00. The summed E-state index contributed by atoms with van der Waals surface area (Å²) in [5, 5.41) is 0.968. The Bertz CT molecular complexity index is 547. The Morgan fingerprint density at radius 2 is 2.05 bits per heavy atom. The number of rotatable bonds is 5. The first-order valence-electron chi connectivity index (χ1n) is 6.06. The topological polar surface area (TPSA) is 57.4 Å². The molecule has 1 aromatic carbocycles. The molecular weight excluding hydrogens is 260 g/mol. The van der Waals surface area contributed by atoms with Crippen LogP contribution in [0.1, 0.15) is 21.1 Å². The van der Waals surface area contributed by atoms with Crippen LogP contribution >= 0.6 is 11.3 Å². The molecule has 0 bridgehead atoms. The molecule has 0 radical (unpaired) electrons. The predicted molar refractivity (Wildman–Crippen MR) is 76.8 cm³/mol. The van der Waals surface area contributed by atoms with Gasteiger partial charge in [-0.05, 0) is 31.5 Å². The van der Waals surface area contributed by atoms with Gasteiger partial charge in [-0.15, -0.1) is 11.3 Å². The van der Waals surface area contributed by atoms with Crippen molar-refractivity contribution in [2.75, 3.05) is 7.11 Å². The van der Waals surface area contributed by atoms with Gasteiger partial charge >= 0.3 is 0 Å². The van der Waals surface area contributed by atoms with E-state index in [-0.39, 0.29) is 0 Å². The molecule has 0 atom stereocenters. The molecule has 2 rings (SSSR count). The van der Waals surface area contributed by atoms with Crippen LogP contribution in [0.2, 0.25) is 0 Å². The number of aryl methyl sites for hydroxylation is 2. The first-order valence-corrected chi connectivity index (χ1v) is 6.88. The van der Waals surface area contributed by atoms with Crippen molar-refractivity contribution in [1.29, 1.82) is 0 Å². The van der Waals surface area contributed by atoms with Gasteiger partial charge in [0.15, 0.2) is 11.5 Å². The first kappa shape index (κ1) is 13.8. The SMILES string of the molecule is COc1ccc(CN)cc1OCc1nc(C)c(C)s1. The minimum Gasteiger partial charge on any atom is -0.493 e. The van der Waals surface area contributed by atoms with Crippen LogP contribution in [0, 0.1) is 13.8 Å². The van der Waals surface area contributed by atoms with Gasteiger partial charge in [-0.25, -0.2) is 4.98 Å². The summed E-state index contributed by atoms with van der Waals surface area (Å²) in [5.41, 5.74) is 7.71. The monoisotopic (exact) mass is 278 g/mol. The van der Waals surface area contributed by atoms with E-state index in [1.807, 2.05) is 25.1 Å². The highest BCUT2D eigenvalue weighted by molar-refractivity contribution is 7.11. The lowest BCUT2D eigenvalue weighted by atomic mass is 10.2. The number of hydrogen-bond donors (Lipinski definition) is 1. The summed E-state index contributed by atoms with van der Waals surface area (Å²) >= 11 is 1.66. The Hall–Kier alpha value is -1.59. The molecule has 0 aliphatic heterocycles. The second-order valence-corrected chi connectivity index (χ2v) is 5.51. The molecule has 2 aromatic rings. The van der Waals surface area contributed by atoms with Crippen LogP contribution in [-0.4, -0.2) is 12.1 Å². The van der Waals surface area contributed by atoms with Gasteiger partial charge in [-0.2, -0.15) is 0 Å². The van der Waals surface area contributed by atoms with Crippen molar-refractivity contribution in [3.05, 3.63) is 39.3 Å². The maximum absolute atomic E-state index is 5.79. The Morgan fingerprint density at radius 3 is 2.63 bits per heavy atom. The number of benzene rings is 1. The number of aromatic nitrogens is 1. The average Bonchev–Trinajstić information content (AvgIpc) is 2.75. The van der Waals surface area contributed by atoms with E-state index in [0.29, 0.717) is 24.7 Å². The van der Waals surface area contributed by atoms with Crippen molar-refractivity contribution in [2.24, 2.45) is 5.73 Å². The molecule has 0 fully saturated rings. The molecule has 0 spiro atoms. The second-order valence-electron chi connectivity index (χ2n) is 4.23. The fourth-order valence-corrected chi connectivity index (χ4v) is 2.55. The molecule has 0 aliphatic carbocycles. The number of nitrogens with two attached hydrogens (primary N) is 1. The van der Waals surface area contributed by atoms with Crippen molar-refractivity contribution in [3.63, 3.8) is 0 Å². The molecule has 0 unspecified atom stereocenters. The molecule has 102 valence electrons. The molecule has 19 heavy (non-hydrogen) atoms. The van der Waals surface area contributed by atoms with Gasteiger partial charge in [0.05, 0.1) is 12.8 Å². The van der Waals surface area contributed by atoms with Crippen LogP contribution in [0.4, 0.5) is 0 Å². The van der Waals surface area contributed by atoms with Gasteiger partial charge in [0, 0.05) is 11.4 Å². The van der Waals surface area contributed by atoms with Gasteiger partial charge in [-0.1, -0.05) is 6.07 Å². The van der Waals surface area contributed by atoms with E-state index in [4.69, 9.17) is 15.2 Å². The van der Waals surface area contributed by atoms with Gasteiger partial charge < -0.3 is 15.2 Å². The van der Waals surface area contributed by atoms with E-state index in [0.717, 1.165) is 16.3 Å². The van der Waals surface area contributed by atoms with E-state index >= 15 is 0 Å². The summed E-state index contributed by atoms with van der Waals surface area (Å²) in [4.78, 5) is 5.67. The molecule has 0 saturated carbocycles. The molecule has 2 N–H and O–H groups in total. The number of thiazole rings is 1. The highest BCUT2D eigenvalue weighted by atomic mass is 32.1. The van der Waals surface area contributed by atoms with Crippen molar-refractivity contribution >= 4 is 11.3 Å².